The molecule has 1 amide bonds. The lowest BCUT2D eigenvalue weighted by Crippen LogP contribution is -2.52. The second-order valence-corrected chi connectivity index (χ2v) is 7.01. The van der Waals surface area contributed by atoms with E-state index in [4.69, 9.17) is 0 Å². The summed E-state index contributed by atoms with van der Waals surface area (Å²) in [5.74, 6) is 0.164. The molecule has 2 N–H and O–H groups in total. The van der Waals surface area contributed by atoms with Crippen molar-refractivity contribution in [2.75, 3.05) is 13.1 Å². The predicted molar refractivity (Wildman–Crippen MR) is 92.5 cm³/mol. The maximum absolute atomic E-state index is 12.6. The lowest BCUT2D eigenvalue weighted by Gasteiger charge is -2.37. The molecule has 3 heterocycles. The predicted octanol–water partition coefficient (Wildman–Crippen LogP) is 2.76. The van der Waals surface area contributed by atoms with Crippen molar-refractivity contribution in [1.82, 2.24) is 15.2 Å². The number of nitrogens with zero attached hydrogens (tertiary/aromatic N) is 1. The fourth-order valence-corrected chi connectivity index (χ4v) is 4.44. The van der Waals surface area contributed by atoms with Crippen molar-refractivity contribution in [1.29, 1.82) is 0 Å². The second kappa shape index (κ2) is 6.00. The monoisotopic (exact) mass is 311 g/mol. The number of hydrogen-bond acceptors (Lipinski definition) is 2. The van der Waals surface area contributed by atoms with E-state index in [1.54, 1.807) is 0 Å². The summed E-state index contributed by atoms with van der Waals surface area (Å²) >= 11 is 0. The van der Waals surface area contributed by atoms with Crippen LogP contribution >= 0.6 is 0 Å². The number of H-pyrrole nitrogens is 1. The number of rotatable bonds is 3. The smallest absolute Gasteiger partial charge is 0.224 e. The number of fused-ring (bicyclic) bond motifs is 2. The largest absolute Gasteiger partial charge is 0.358 e. The van der Waals surface area contributed by atoms with Gasteiger partial charge in [0.1, 0.15) is 0 Å². The van der Waals surface area contributed by atoms with Gasteiger partial charge in [0.2, 0.25) is 5.91 Å². The quantitative estimate of drug-likeness (QED) is 0.915. The Labute approximate surface area is 137 Å². The fraction of sp³-hybridized carbons (Fsp3) is 0.526. The lowest BCUT2D eigenvalue weighted by molar-refractivity contribution is -0.121. The molecule has 23 heavy (non-hydrogen) atoms. The number of piperidine rings is 1. The van der Waals surface area contributed by atoms with Crippen molar-refractivity contribution >= 4 is 16.8 Å². The molecule has 2 saturated heterocycles. The molecule has 0 saturated carbocycles. The number of carbonyl (C=O) groups is 1. The SMILES string of the molecule is Cc1[nH]c2ccccc2c1CC(=O)N[C@H]1CCCN2CCC[C@@H]12. The Morgan fingerprint density at radius 3 is 2.91 bits per heavy atom. The third kappa shape index (κ3) is 2.76. The molecule has 0 aliphatic carbocycles. The Balaban J connectivity index is 1.48. The number of benzene rings is 1. The van der Waals surface area contributed by atoms with Gasteiger partial charge < -0.3 is 10.3 Å². The van der Waals surface area contributed by atoms with Crippen LogP contribution < -0.4 is 5.32 Å². The second-order valence-electron chi connectivity index (χ2n) is 7.01. The molecule has 2 aliphatic rings. The van der Waals surface area contributed by atoms with E-state index in [9.17, 15) is 4.79 Å². The maximum atomic E-state index is 12.6. The van der Waals surface area contributed by atoms with E-state index in [1.165, 1.54) is 37.7 Å². The van der Waals surface area contributed by atoms with Crippen LogP contribution in [0.2, 0.25) is 0 Å². The molecule has 4 heteroatoms. The lowest BCUT2D eigenvalue weighted by atomic mass is 9.96. The van der Waals surface area contributed by atoms with E-state index in [2.05, 4.69) is 34.3 Å². The van der Waals surface area contributed by atoms with Crippen molar-refractivity contribution in [3.63, 3.8) is 0 Å². The number of hydrogen-bond donors (Lipinski definition) is 2. The van der Waals surface area contributed by atoms with Gasteiger partial charge in [0.15, 0.2) is 0 Å². The molecule has 0 spiro atoms. The van der Waals surface area contributed by atoms with Crippen LogP contribution in [0.25, 0.3) is 10.9 Å². The number of amides is 1. The van der Waals surface area contributed by atoms with E-state index in [0.717, 1.165) is 23.2 Å². The average molecular weight is 311 g/mol. The number of aromatic amines is 1. The molecule has 122 valence electrons. The highest BCUT2D eigenvalue weighted by molar-refractivity contribution is 5.90. The first-order valence-corrected chi connectivity index (χ1v) is 8.82. The van der Waals surface area contributed by atoms with Gasteiger partial charge >= 0.3 is 0 Å². The van der Waals surface area contributed by atoms with Crippen LogP contribution in [0, 0.1) is 6.92 Å². The summed E-state index contributed by atoms with van der Waals surface area (Å²) in [4.78, 5) is 18.6. The standard InChI is InChI=1S/C19H25N3O/c1-13-15(14-6-2-3-7-16(14)20-13)12-19(23)21-17-8-4-10-22-11-5-9-18(17)22/h2-3,6-7,17-18,20H,4-5,8-12H2,1H3,(H,21,23)/t17-,18-/m0/s1. The molecule has 2 aliphatic heterocycles. The Kier molecular flexibility index (Phi) is 3.85. The van der Waals surface area contributed by atoms with Gasteiger partial charge in [0.25, 0.3) is 0 Å². The minimum atomic E-state index is 0.164. The third-order valence-corrected chi connectivity index (χ3v) is 5.55. The van der Waals surface area contributed by atoms with Crippen molar-refractivity contribution in [3.05, 3.63) is 35.5 Å². The van der Waals surface area contributed by atoms with E-state index in [-0.39, 0.29) is 5.91 Å². The fourth-order valence-electron chi connectivity index (χ4n) is 4.44. The van der Waals surface area contributed by atoms with E-state index >= 15 is 0 Å². The number of carbonyl (C=O) groups excluding carboxylic acids is 1. The van der Waals surface area contributed by atoms with Crippen LogP contribution in [0.1, 0.15) is 36.9 Å². The zero-order valence-corrected chi connectivity index (χ0v) is 13.8. The van der Waals surface area contributed by atoms with Gasteiger partial charge in [-0.05, 0) is 57.3 Å². The number of aryl methyl sites for hydroxylation is 1. The molecule has 0 radical (unpaired) electrons. The minimum Gasteiger partial charge on any atom is -0.358 e. The molecule has 4 nitrogen and oxygen atoms in total. The zero-order valence-electron chi connectivity index (χ0n) is 13.8. The first-order valence-electron chi connectivity index (χ1n) is 8.82. The first kappa shape index (κ1) is 14.8. The molecular weight excluding hydrogens is 286 g/mol. The summed E-state index contributed by atoms with van der Waals surface area (Å²) in [6.07, 6.45) is 5.31. The highest BCUT2D eigenvalue weighted by Gasteiger charge is 2.35. The number of para-hydroxylation sites is 1. The number of aromatic nitrogens is 1. The highest BCUT2D eigenvalue weighted by atomic mass is 16.1. The molecule has 2 aromatic rings. The normalized spacial score (nSPS) is 24.7. The minimum absolute atomic E-state index is 0.164. The molecule has 0 unspecified atom stereocenters. The van der Waals surface area contributed by atoms with Crippen molar-refractivity contribution in [2.24, 2.45) is 0 Å². The Hall–Kier alpha value is -1.81. The van der Waals surface area contributed by atoms with Crippen LogP contribution in [0.15, 0.2) is 24.3 Å². The van der Waals surface area contributed by atoms with Crippen LogP contribution in [0.3, 0.4) is 0 Å². The molecule has 1 aromatic heterocycles. The van der Waals surface area contributed by atoms with Gasteiger partial charge in [-0.1, -0.05) is 18.2 Å². The zero-order chi connectivity index (χ0) is 15.8. The van der Waals surface area contributed by atoms with Crippen LogP contribution in [0.4, 0.5) is 0 Å². The van der Waals surface area contributed by atoms with Gasteiger partial charge in [-0.3, -0.25) is 9.69 Å². The maximum Gasteiger partial charge on any atom is 0.224 e. The molecule has 1 aromatic carbocycles. The van der Waals surface area contributed by atoms with Gasteiger partial charge in [-0.25, -0.2) is 0 Å². The topological polar surface area (TPSA) is 48.1 Å². The summed E-state index contributed by atoms with van der Waals surface area (Å²) in [5.41, 5.74) is 3.36. The van der Waals surface area contributed by atoms with Crippen LogP contribution in [-0.2, 0) is 11.2 Å². The van der Waals surface area contributed by atoms with Crippen molar-refractivity contribution in [3.8, 4) is 0 Å². The van der Waals surface area contributed by atoms with Crippen LogP contribution in [0.5, 0.6) is 0 Å². The summed E-state index contributed by atoms with van der Waals surface area (Å²) in [6, 6.07) is 9.14. The molecule has 2 atom stereocenters. The van der Waals surface area contributed by atoms with Gasteiger partial charge in [-0.2, -0.15) is 0 Å². The third-order valence-electron chi connectivity index (χ3n) is 5.55. The summed E-state index contributed by atoms with van der Waals surface area (Å²) < 4.78 is 0. The van der Waals surface area contributed by atoms with Crippen LogP contribution in [-0.4, -0.2) is 41.0 Å². The molecule has 2 fully saturated rings. The number of nitrogens with one attached hydrogen (secondary N) is 2. The van der Waals surface area contributed by atoms with E-state index in [0.29, 0.717) is 18.5 Å². The molecular formula is C19H25N3O. The molecule has 0 bridgehead atoms. The van der Waals surface area contributed by atoms with Crippen molar-refractivity contribution in [2.45, 2.75) is 51.1 Å². The summed E-state index contributed by atoms with van der Waals surface area (Å²) in [6.45, 7) is 4.47. The Morgan fingerprint density at radius 1 is 1.26 bits per heavy atom. The van der Waals surface area contributed by atoms with Gasteiger partial charge in [0, 0.05) is 28.7 Å². The highest BCUT2D eigenvalue weighted by Crippen LogP contribution is 2.27. The van der Waals surface area contributed by atoms with Crippen molar-refractivity contribution < 1.29 is 4.79 Å². The average Bonchev–Trinajstić information content (AvgIpc) is 3.13. The van der Waals surface area contributed by atoms with E-state index < -0.39 is 0 Å². The Bertz CT molecular complexity index is 720. The Morgan fingerprint density at radius 2 is 2.04 bits per heavy atom. The van der Waals surface area contributed by atoms with Gasteiger partial charge in [0.05, 0.1) is 6.42 Å². The molecule has 4 rings (SSSR count). The summed E-state index contributed by atoms with van der Waals surface area (Å²) in [5, 5.41) is 4.50. The summed E-state index contributed by atoms with van der Waals surface area (Å²) in [7, 11) is 0. The first-order chi connectivity index (χ1) is 11.2. The van der Waals surface area contributed by atoms with E-state index in [1.807, 2.05) is 12.1 Å². The van der Waals surface area contributed by atoms with Gasteiger partial charge in [-0.15, -0.1) is 0 Å².